The molecular weight excluding hydrogens is 321 g/mol. The Balaban J connectivity index is 1.73. The van der Waals surface area contributed by atoms with Gasteiger partial charge in [-0.25, -0.2) is 4.39 Å². The number of halogens is 2. The molecule has 114 valence electrons. The topological polar surface area (TPSA) is 29.1 Å². The van der Waals surface area contributed by atoms with Crippen molar-refractivity contribution in [3.63, 3.8) is 0 Å². The first-order valence-corrected chi connectivity index (χ1v) is 8.22. The summed E-state index contributed by atoms with van der Waals surface area (Å²) in [7, 11) is 0. The minimum absolute atomic E-state index is 0.148. The van der Waals surface area contributed by atoms with Crippen molar-refractivity contribution in [2.24, 2.45) is 0 Å². The van der Waals surface area contributed by atoms with E-state index < -0.39 is 5.82 Å². The van der Waals surface area contributed by atoms with Crippen LogP contribution in [0.4, 0.5) is 10.1 Å². The summed E-state index contributed by atoms with van der Waals surface area (Å²) in [4.78, 5) is 11.7. The molecule has 2 aromatic carbocycles. The van der Waals surface area contributed by atoms with Crippen LogP contribution in [0, 0.1) is 5.82 Å². The minimum Gasteiger partial charge on any atom is -0.323 e. The molecule has 0 aliphatic rings. The molecule has 2 aromatic rings. The molecule has 0 aliphatic carbocycles. The highest BCUT2D eigenvalue weighted by Gasteiger charge is 2.07. The van der Waals surface area contributed by atoms with Crippen LogP contribution in [0.2, 0.25) is 5.02 Å². The monoisotopic (exact) mass is 335 g/mol. The van der Waals surface area contributed by atoms with Gasteiger partial charge in [-0.15, -0.1) is 11.8 Å². The van der Waals surface area contributed by atoms with E-state index in [1.165, 1.54) is 30.0 Å². The lowest BCUT2D eigenvalue weighted by Gasteiger charge is -2.05. The van der Waals surface area contributed by atoms with Crippen LogP contribution >= 0.6 is 23.4 Å². The Morgan fingerprint density at radius 2 is 2.00 bits per heavy atom. The predicted octanol–water partition coefficient (Wildman–Crippen LogP) is 4.86. The number of anilines is 1. The third kappa shape index (κ3) is 5.54. The molecule has 0 radical (unpaired) electrons. The van der Waals surface area contributed by atoms with Crippen LogP contribution in [0.1, 0.15) is 5.56 Å². The summed E-state index contributed by atoms with van der Waals surface area (Å²) in [6.07, 6.45) is 4.00. The van der Waals surface area contributed by atoms with Crippen LogP contribution < -0.4 is 5.32 Å². The standard InChI is InChI=1S/C17H15ClFNOS/c18-14-8-9-16(15(19)11-14)20-17(21)12-22-10-4-7-13-5-2-1-3-6-13/h1-9,11H,10,12H2,(H,20,21)/b7-4+. The number of carbonyl (C=O) groups is 1. The number of thioether (sulfide) groups is 1. The van der Waals surface area contributed by atoms with Gasteiger partial charge in [-0.3, -0.25) is 4.79 Å². The second kappa shape index (κ2) is 8.61. The van der Waals surface area contributed by atoms with E-state index in [1.807, 2.05) is 42.5 Å². The fourth-order valence-corrected chi connectivity index (χ4v) is 2.51. The van der Waals surface area contributed by atoms with Gasteiger partial charge in [-0.1, -0.05) is 54.1 Å². The van der Waals surface area contributed by atoms with Crippen LogP contribution in [0.3, 0.4) is 0 Å². The van der Waals surface area contributed by atoms with Crippen LogP contribution in [-0.4, -0.2) is 17.4 Å². The van der Waals surface area contributed by atoms with E-state index in [0.717, 1.165) is 5.56 Å². The summed E-state index contributed by atoms with van der Waals surface area (Å²) in [6, 6.07) is 14.1. The Morgan fingerprint density at radius 3 is 2.73 bits per heavy atom. The Labute approximate surface area is 138 Å². The third-order valence-electron chi connectivity index (χ3n) is 2.76. The molecular formula is C17H15ClFNOS. The summed E-state index contributed by atoms with van der Waals surface area (Å²) in [5.41, 5.74) is 1.27. The zero-order valence-electron chi connectivity index (χ0n) is 11.8. The van der Waals surface area contributed by atoms with E-state index in [0.29, 0.717) is 10.8 Å². The highest BCUT2D eigenvalue weighted by Crippen LogP contribution is 2.19. The maximum Gasteiger partial charge on any atom is 0.234 e. The molecule has 1 N–H and O–H groups in total. The summed E-state index contributed by atoms with van der Waals surface area (Å²) in [5, 5.41) is 2.83. The summed E-state index contributed by atoms with van der Waals surface area (Å²) < 4.78 is 13.5. The molecule has 0 atom stereocenters. The van der Waals surface area contributed by atoms with Gasteiger partial charge >= 0.3 is 0 Å². The Morgan fingerprint density at radius 1 is 1.23 bits per heavy atom. The smallest absolute Gasteiger partial charge is 0.234 e. The van der Waals surface area contributed by atoms with E-state index in [9.17, 15) is 9.18 Å². The number of hydrogen-bond acceptors (Lipinski definition) is 2. The van der Waals surface area contributed by atoms with Gasteiger partial charge < -0.3 is 5.32 Å². The lowest BCUT2D eigenvalue weighted by atomic mass is 10.2. The van der Waals surface area contributed by atoms with Crippen molar-refractivity contribution in [2.45, 2.75) is 0 Å². The number of benzene rings is 2. The average Bonchev–Trinajstić information content (AvgIpc) is 2.51. The van der Waals surface area contributed by atoms with Crippen molar-refractivity contribution >= 4 is 41.0 Å². The summed E-state index contributed by atoms with van der Waals surface area (Å²) in [6.45, 7) is 0. The molecule has 2 rings (SSSR count). The Hall–Kier alpha value is -1.78. The van der Waals surface area contributed by atoms with E-state index in [2.05, 4.69) is 5.32 Å². The minimum atomic E-state index is -0.533. The van der Waals surface area contributed by atoms with Gasteiger partial charge in [0.25, 0.3) is 0 Å². The predicted molar refractivity (Wildman–Crippen MR) is 92.8 cm³/mol. The average molecular weight is 336 g/mol. The van der Waals surface area contributed by atoms with Crippen LogP contribution in [-0.2, 0) is 4.79 Å². The molecule has 0 fully saturated rings. The van der Waals surface area contributed by atoms with Gasteiger partial charge in [0.15, 0.2) is 0 Å². The fourth-order valence-electron chi connectivity index (χ4n) is 1.75. The molecule has 0 saturated carbocycles. The molecule has 0 aliphatic heterocycles. The number of hydrogen-bond donors (Lipinski definition) is 1. The van der Waals surface area contributed by atoms with Gasteiger partial charge in [0.1, 0.15) is 5.82 Å². The molecule has 0 heterocycles. The SMILES string of the molecule is O=C(CSC/C=C/c1ccccc1)Nc1ccc(Cl)cc1F. The van der Waals surface area contributed by atoms with Crippen molar-refractivity contribution in [1.82, 2.24) is 0 Å². The number of rotatable bonds is 6. The Bertz CT molecular complexity index is 661. The maximum absolute atomic E-state index is 13.5. The molecule has 0 aromatic heterocycles. The lowest BCUT2D eigenvalue weighted by Crippen LogP contribution is -2.15. The number of amides is 1. The molecule has 0 unspecified atom stereocenters. The number of nitrogens with one attached hydrogen (secondary N) is 1. The van der Waals surface area contributed by atoms with Crippen molar-refractivity contribution < 1.29 is 9.18 Å². The molecule has 1 amide bonds. The fraction of sp³-hybridized carbons (Fsp3) is 0.118. The normalized spacial score (nSPS) is 10.8. The second-order valence-electron chi connectivity index (χ2n) is 4.50. The summed E-state index contributed by atoms with van der Waals surface area (Å²) in [5.74, 6) is 0.209. The van der Waals surface area contributed by atoms with Crippen LogP contribution in [0.25, 0.3) is 6.08 Å². The highest BCUT2D eigenvalue weighted by atomic mass is 35.5. The highest BCUT2D eigenvalue weighted by molar-refractivity contribution is 8.00. The van der Waals surface area contributed by atoms with Gasteiger partial charge in [0, 0.05) is 10.8 Å². The van der Waals surface area contributed by atoms with Crippen molar-refractivity contribution in [1.29, 1.82) is 0 Å². The molecule has 5 heteroatoms. The molecule has 0 spiro atoms. The Kier molecular flexibility index (Phi) is 6.49. The van der Waals surface area contributed by atoms with Crippen molar-refractivity contribution in [3.8, 4) is 0 Å². The largest absolute Gasteiger partial charge is 0.323 e. The first-order chi connectivity index (χ1) is 10.6. The zero-order chi connectivity index (χ0) is 15.8. The van der Waals surface area contributed by atoms with Crippen LogP contribution in [0.5, 0.6) is 0 Å². The van der Waals surface area contributed by atoms with Gasteiger partial charge in [-0.05, 0) is 23.8 Å². The second-order valence-corrected chi connectivity index (χ2v) is 5.97. The first-order valence-electron chi connectivity index (χ1n) is 6.69. The van der Waals surface area contributed by atoms with Gasteiger partial charge in [0.2, 0.25) is 5.91 Å². The van der Waals surface area contributed by atoms with E-state index in [-0.39, 0.29) is 17.3 Å². The van der Waals surface area contributed by atoms with Crippen molar-refractivity contribution in [2.75, 3.05) is 16.8 Å². The van der Waals surface area contributed by atoms with Gasteiger partial charge in [-0.2, -0.15) is 0 Å². The molecule has 2 nitrogen and oxygen atoms in total. The maximum atomic E-state index is 13.5. The molecule has 0 saturated heterocycles. The lowest BCUT2D eigenvalue weighted by molar-refractivity contribution is -0.113. The zero-order valence-corrected chi connectivity index (χ0v) is 13.3. The quantitative estimate of drug-likeness (QED) is 0.763. The van der Waals surface area contributed by atoms with E-state index in [4.69, 9.17) is 11.6 Å². The van der Waals surface area contributed by atoms with E-state index in [1.54, 1.807) is 0 Å². The molecule has 22 heavy (non-hydrogen) atoms. The van der Waals surface area contributed by atoms with Gasteiger partial charge in [0.05, 0.1) is 11.4 Å². The van der Waals surface area contributed by atoms with Crippen molar-refractivity contribution in [3.05, 3.63) is 71.0 Å². The number of carbonyl (C=O) groups excluding carboxylic acids is 1. The third-order valence-corrected chi connectivity index (χ3v) is 3.89. The van der Waals surface area contributed by atoms with E-state index >= 15 is 0 Å². The summed E-state index contributed by atoms with van der Waals surface area (Å²) >= 11 is 7.12. The van der Waals surface area contributed by atoms with Crippen LogP contribution in [0.15, 0.2) is 54.6 Å². The first kappa shape index (κ1) is 16.6. The molecule has 0 bridgehead atoms.